The fraction of sp³-hybridized carbons (Fsp3) is 0.400. The van der Waals surface area contributed by atoms with Gasteiger partial charge in [0.05, 0.1) is 16.5 Å². The van der Waals surface area contributed by atoms with Crippen LogP contribution in [0.1, 0.15) is 29.6 Å². The first-order valence-electron chi connectivity index (χ1n) is 7.56. The van der Waals surface area contributed by atoms with E-state index in [2.05, 4.69) is 5.32 Å². The molecule has 0 aromatic heterocycles. The molecule has 0 aliphatic carbocycles. The second-order valence-corrected chi connectivity index (χ2v) is 5.92. The predicted octanol–water partition coefficient (Wildman–Crippen LogP) is 1.44. The first kappa shape index (κ1) is 18.7. The number of carboxylic acid groups (broad SMARTS) is 1. The molecule has 134 valence electrons. The Bertz CT molecular complexity index is 723. The molecule has 2 rings (SSSR count). The number of nitrogens with zero attached hydrogens (tertiary/aromatic N) is 2. The standard InChI is InChI=1S/C15H16ClN3O6/c16-9-4-3-6-10(19(24)25)13(9)14(21)17-8-12(20)18-7-2-1-5-11(18)15(22)23/h3-4,6,11H,1-2,5,7-8H2,(H,17,21)(H,22,23). The number of nitro groups is 1. The Labute approximate surface area is 147 Å². The zero-order valence-electron chi connectivity index (χ0n) is 13.1. The number of rotatable bonds is 5. The van der Waals surface area contributed by atoms with Crippen molar-refractivity contribution in [3.8, 4) is 0 Å². The molecule has 1 fully saturated rings. The molecule has 1 atom stereocenters. The van der Waals surface area contributed by atoms with Gasteiger partial charge >= 0.3 is 5.97 Å². The van der Waals surface area contributed by atoms with Gasteiger partial charge < -0.3 is 15.3 Å². The van der Waals surface area contributed by atoms with Crippen molar-refractivity contribution in [1.82, 2.24) is 10.2 Å². The largest absolute Gasteiger partial charge is 0.480 e. The van der Waals surface area contributed by atoms with E-state index in [9.17, 15) is 29.6 Å². The lowest BCUT2D eigenvalue weighted by atomic mass is 10.0. The quantitative estimate of drug-likeness (QED) is 0.596. The van der Waals surface area contributed by atoms with E-state index in [1.54, 1.807) is 0 Å². The summed E-state index contributed by atoms with van der Waals surface area (Å²) in [6.07, 6.45) is 1.74. The lowest BCUT2D eigenvalue weighted by Crippen LogP contribution is -2.51. The summed E-state index contributed by atoms with van der Waals surface area (Å²) in [4.78, 5) is 47.1. The van der Waals surface area contributed by atoms with Crippen molar-refractivity contribution in [3.63, 3.8) is 0 Å². The second-order valence-electron chi connectivity index (χ2n) is 5.51. The third-order valence-electron chi connectivity index (χ3n) is 3.92. The molecule has 1 saturated heterocycles. The summed E-state index contributed by atoms with van der Waals surface area (Å²) in [6, 6.07) is 2.88. The highest BCUT2D eigenvalue weighted by atomic mass is 35.5. The molecule has 0 radical (unpaired) electrons. The SMILES string of the molecule is O=C(NCC(=O)N1CCCCC1C(=O)O)c1c(Cl)cccc1[N+](=O)[O-]. The average molecular weight is 370 g/mol. The first-order chi connectivity index (χ1) is 11.8. The minimum absolute atomic E-state index is 0.111. The minimum Gasteiger partial charge on any atom is -0.480 e. The fourth-order valence-electron chi connectivity index (χ4n) is 2.72. The maximum atomic E-state index is 12.2. The van der Waals surface area contributed by atoms with Crippen LogP contribution in [-0.4, -0.2) is 51.8 Å². The van der Waals surface area contributed by atoms with Gasteiger partial charge in [-0.25, -0.2) is 4.79 Å². The highest BCUT2D eigenvalue weighted by Gasteiger charge is 2.32. The van der Waals surface area contributed by atoms with E-state index >= 15 is 0 Å². The topological polar surface area (TPSA) is 130 Å². The number of hydrogen-bond acceptors (Lipinski definition) is 5. The summed E-state index contributed by atoms with van der Waals surface area (Å²) in [5.41, 5.74) is -0.811. The Morgan fingerprint density at radius 2 is 2.08 bits per heavy atom. The minimum atomic E-state index is -1.10. The van der Waals surface area contributed by atoms with Gasteiger partial charge in [0.25, 0.3) is 11.6 Å². The molecule has 1 aliphatic heterocycles. The summed E-state index contributed by atoms with van der Waals surface area (Å²) in [7, 11) is 0. The van der Waals surface area contributed by atoms with Crippen molar-refractivity contribution in [1.29, 1.82) is 0 Å². The molecule has 1 aliphatic rings. The van der Waals surface area contributed by atoms with Gasteiger partial charge in [-0.2, -0.15) is 0 Å². The van der Waals surface area contributed by atoms with Crippen LogP contribution in [0.25, 0.3) is 0 Å². The van der Waals surface area contributed by atoms with Crippen LogP contribution in [0.3, 0.4) is 0 Å². The van der Waals surface area contributed by atoms with Crippen molar-refractivity contribution in [3.05, 3.63) is 38.9 Å². The fourth-order valence-corrected chi connectivity index (χ4v) is 2.98. The van der Waals surface area contributed by atoms with Crippen LogP contribution in [0.2, 0.25) is 5.02 Å². The lowest BCUT2D eigenvalue weighted by molar-refractivity contribution is -0.385. The first-order valence-corrected chi connectivity index (χ1v) is 7.94. The van der Waals surface area contributed by atoms with Crippen LogP contribution in [0.4, 0.5) is 5.69 Å². The van der Waals surface area contributed by atoms with E-state index in [4.69, 9.17) is 11.6 Å². The predicted molar refractivity (Wildman–Crippen MR) is 87.4 cm³/mol. The number of piperidine rings is 1. The lowest BCUT2D eigenvalue weighted by Gasteiger charge is -2.33. The van der Waals surface area contributed by atoms with Crippen molar-refractivity contribution in [2.24, 2.45) is 0 Å². The number of carbonyl (C=O) groups excluding carboxylic acids is 2. The maximum Gasteiger partial charge on any atom is 0.326 e. The molecular weight excluding hydrogens is 354 g/mol. The van der Waals surface area contributed by atoms with Gasteiger partial charge in [0.2, 0.25) is 5.91 Å². The number of benzene rings is 1. The van der Waals surface area contributed by atoms with E-state index in [1.165, 1.54) is 17.0 Å². The van der Waals surface area contributed by atoms with Gasteiger partial charge in [-0.05, 0) is 25.3 Å². The molecule has 9 nitrogen and oxygen atoms in total. The summed E-state index contributed by atoms with van der Waals surface area (Å²) < 4.78 is 0. The number of hydrogen-bond donors (Lipinski definition) is 2. The number of carboxylic acids is 1. The van der Waals surface area contributed by atoms with Crippen LogP contribution in [0, 0.1) is 10.1 Å². The highest BCUT2D eigenvalue weighted by Crippen LogP contribution is 2.26. The Morgan fingerprint density at radius 1 is 1.36 bits per heavy atom. The van der Waals surface area contributed by atoms with Crippen molar-refractivity contribution >= 4 is 35.1 Å². The van der Waals surface area contributed by atoms with Gasteiger partial charge in [-0.3, -0.25) is 19.7 Å². The third-order valence-corrected chi connectivity index (χ3v) is 4.24. The summed E-state index contributed by atoms with van der Waals surface area (Å²) in [6.45, 7) is -0.178. The van der Waals surface area contributed by atoms with E-state index in [1.807, 2.05) is 0 Å². The molecule has 0 spiro atoms. The van der Waals surface area contributed by atoms with Crippen molar-refractivity contribution in [2.75, 3.05) is 13.1 Å². The number of halogens is 1. The molecule has 0 bridgehead atoms. The molecule has 10 heteroatoms. The Balaban J connectivity index is 2.08. The Hall–Kier alpha value is -2.68. The number of amides is 2. The van der Waals surface area contributed by atoms with Crippen molar-refractivity contribution in [2.45, 2.75) is 25.3 Å². The van der Waals surface area contributed by atoms with Crippen LogP contribution in [0.5, 0.6) is 0 Å². The maximum absolute atomic E-state index is 12.2. The molecule has 25 heavy (non-hydrogen) atoms. The van der Waals surface area contributed by atoms with Gasteiger partial charge in [0.1, 0.15) is 11.6 Å². The smallest absolute Gasteiger partial charge is 0.326 e. The molecule has 1 unspecified atom stereocenters. The van der Waals surface area contributed by atoms with Crippen LogP contribution >= 0.6 is 11.6 Å². The monoisotopic (exact) mass is 369 g/mol. The average Bonchev–Trinajstić information content (AvgIpc) is 2.58. The normalized spacial score (nSPS) is 17.0. The van der Waals surface area contributed by atoms with E-state index in [0.717, 1.165) is 6.07 Å². The highest BCUT2D eigenvalue weighted by molar-refractivity contribution is 6.34. The van der Waals surface area contributed by atoms with Gasteiger partial charge in [0.15, 0.2) is 0 Å². The second kappa shape index (κ2) is 7.93. The molecule has 0 saturated carbocycles. The van der Waals surface area contributed by atoms with Gasteiger partial charge in [0, 0.05) is 12.6 Å². The number of nitrogens with one attached hydrogen (secondary N) is 1. The van der Waals surface area contributed by atoms with Crippen LogP contribution in [-0.2, 0) is 9.59 Å². The molecule has 1 aromatic rings. The Kier molecular flexibility index (Phi) is 5.92. The molecule has 2 N–H and O–H groups in total. The number of aliphatic carboxylic acids is 1. The molecular formula is C15H16ClN3O6. The molecule has 1 aromatic carbocycles. The Morgan fingerprint density at radius 3 is 2.72 bits per heavy atom. The van der Waals surface area contributed by atoms with Crippen LogP contribution < -0.4 is 5.32 Å². The summed E-state index contributed by atoms with van der Waals surface area (Å²) >= 11 is 5.86. The van der Waals surface area contributed by atoms with Gasteiger partial charge in [-0.15, -0.1) is 0 Å². The molecule has 2 amide bonds. The van der Waals surface area contributed by atoms with E-state index in [0.29, 0.717) is 19.3 Å². The van der Waals surface area contributed by atoms with Crippen LogP contribution in [0.15, 0.2) is 18.2 Å². The van der Waals surface area contributed by atoms with E-state index in [-0.39, 0.29) is 17.1 Å². The van der Waals surface area contributed by atoms with Crippen molar-refractivity contribution < 1.29 is 24.4 Å². The third kappa shape index (κ3) is 4.24. The summed E-state index contributed by atoms with van der Waals surface area (Å²) in [5.74, 6) is -2.52. The zero-order valence-corrected chi connectivity index (χ0v) is 13.9. The number of likely N-dealkylation sites (tertiary alicyclic amines) is 1. The number of carbonyl (C=O) groups is 3. The molecule has 1 heterocycles. The zero-order chi connectivity index (χ0) is 18.6. The summed E-state index contributed by atoms with van der Waals surface area (Å²) in [5, 5.41) is 22.4. The number of nitro benzene ring substituents is 1. The van der Waals surface area contributed by atoms with E-state index < -0.39 is 41.0 Å². The van der Waals surface area contributed by atoms with Gasteiger partial charge in [-0.1, -0.05) is 17.7 Å².